The van der Waals surface area contributed by atoms with E-state index in [9.17, 15) is 18.8 Å². The van der Waals surface area contributed by atoms with E-state index in [1.165, 1.54) is 24.1 Å². The van der Waals surface area contributed by atoms with Gasteiger partial charge in [0.05, 0.1) is 18.7 Å². The van der Waals surface area contributed by atoms with Crippen LogP contribution >= 0.6 is 0 Å². The molecule has 1 atom stereocenters. The van der Waals surface area contributed by atoms with Crippen molar-refractivity contribution in [1.82, 2.24) is 5.32 Å². The summed E-state index contributed by atoms with van der Waals surface area (Å²) >= 11 is 0. The van der Waals surface area contributed by atoms with Gasteiger partial charge in [-0.15, -0.1) is 0 Å². The molecule has 7 heteroatoms. The molecule has 1 unspecified atom stereocenters. The first-order valence-electron chi connectivity index (χ1n) is 8.42. The molecule has 1 aliphatic heterocycles. The number of unbranched alkanes of at least 4 members (excludes halogenated alkanes) is 2. The Labute approximate surface area is 146 Å². The van der Waals surface area contributed by atoms with Crippen LogP contribution in [0.5, 0.6) is 0 Å². The Morgan fingerprint density at radius 3 is 2.76 bits per heavy atom. The second-order valence-electron chi connectivity index (χ2n) is 6.03. The maximum atomic E-state index is 13.8. The number of amides is 2. The third-order valence-corrected chi connectivity index (χ3v) is 4.22. The summed E-state index contributed by atoms with van der Waals surface area (Å²) in [6, 6.07) is 6.05. The normalized spacial score (nSPS) is 16.8. The molecule has 1 aliphatic rings. The quantitative estimate of drug-likeness (QED) is 0.575. The predicted molar refractivity (Wildman–Crippen MR) is 90.4 cm³/mol. The molecule has 2 rings (SSSR count). The van der Waals surface area contributed by atoms with E-state index >= 15 is 0 Å². The van der Waals surface area contributed by atoms with Gasteiger partial charge in [0.1, 0.15) is 5.82 Å². The summed E-state index contributed by atoms with van der Waals surface area (Å²) in [7, 11) is 1.36. The lowest BCUT2D eigenvalue weighted by Gasteiger charge is -2.17. The third kappa shape index (κ3) is 5.27. The van der Waals surface area contributed by atoms with Crippen molar-refractivity contribution in [1.29, 1.82) is 0 Å². The van der Waals surface area contributed by atoms with Gasteiger partial charge < -0.3 is 15.0 Å². The molecule has 6 nitrogen and oxygen atoms in total. The third-order valence-electron chi connectivity index (χ3n) is 4.22. The average molecular weight is 350 g/mol. The van der Waals surface area contributed by atoms with Crippen molar-refractivity contribution in [3.63, 3.8) is 0 Å². The van der Waals surface area contributed by atoms with Gasteiger partial charge in [0, 0.05) is 25.9 Å². The smallest absolute Gasteiger partial charge is 0.305 e. The van der Waals surface area contributed by atoms with Crippen molar-refractivity contribution in [2.24, 2.45) is 5.92 Å². The Morgan fingerprint density at radius 1 is 1.28 bits per heavy atom. The second kappa shape index (κ2) is 9.15. The molecule has 1 fully saturated rings. The minimum absolute atomic E-state index is 0.0858. The molecule has 1 saturated heterocycles. The van der Waals surface area contributed by atoms with Gasteiger partial charge in [-0.25, -0.2) is 4.39 Å². The topological polar surface area (TPSA) is 75.7 Å². The minimum Gasteiger partial charge on any atom is -0.469 e. The van der Waals surface area contributed by atoms with Crippen LogP contribution in [0.4, 0.5) is 10.1 Å². The zero-order chi connectivity index (χ0) is 18.2. The lowest BCUT2D eigenvalue weighted by molar-refractivity contribution is -0.140. The number of benzene rings is 1. The fraction of sp³-hybridized carbons (Fsp3) is 0.500. The van der Waals surface area contributed by atoms with Gasteiger partial charge in [-0.2, -0.15) is 0 Å². The molecular formula is C18H23FN2O4. The van der Waals surface area contributed by atoms with E-state index in [0.29, 0.717) is 19.4 Å². The van der Waals surface area contributed by atoms with Crippen molar-refractivity contribution < 1.29 is 23.5 Å². The highest BCUT2D eigenvalue weighted by Gasteiger charge is 2.35. The van der Waals surface area contributed by atoms with Gasteiger partial charge >= 0.3 is 5.97 Å². The number of ether oxygens (including phenoxy) is 1. The molecule has 0 bridgehead atoms. The van der Waals surface area contributed by atoms with Crippen molar-refractivity contribution in [3.05, 3.63) is 30.1 Å². The lowest BCUT2D eigenvalue weighted by Crippen LogP contribution is -2.33. The molecule has 0 radical (unpaired) electrons. The largest absolute Gasteiger partial charge is 0.469 e. The summed E-state index contributed by atoms with van der Waals surface area (Å²) in [5.41, 5.74) is 0.214. The zero-order valence-corrected chi connectivity index (χ0v) is 14.3. The zero-order valence-electron chi connectivity index (χ0n) is 14.3. The summed E-state index contributed by atoms with van der Waals surface area (Å²) in [6.45, 7) is 0.679. The van der Waals surface area contributed by atoms with E-state index in [4.69, 9.17) is 0 Å². The second-order valence-corrected chi connectivity index (χ2v) is 6.03. The number of methoxy groups -OCH3 is 1. The van der Waals surface area contributed by atoms with Crippen LogP contribution in [-0.4, -0.2) is 38.0 Å². The summed E-state index contributed by atoms with van der Waals surface area (Å²) in [6.07, 6.45) is 2.73. The average Bonchev–Trinajstić information content (AvgIpc) is 2.99. The lowest BCUT2D eigenvalue weighted by atomic mass is 10.1. The van der Waals surface area contributed by atoms with E-state index in [1.807, 2.05) is 0 Å². The number of carbonyl (C=O) groups excluding carboxylic acids is 3. The van der Waals surface area contributed by atoms with Crippen LogP contribution in [-0.2, 0) is 19.1 Å². The Balaban J connectivity index is 1.74. The van der Waals surface area contributed by atoms with Crippen molar-refractivity contribution in [2.75, 3.05) is 25.1 Å². The standard InChI is InChI=1S/C18H23FN2O4/c1-25-17(23)9-3-2-6-10-20-18(24)13-11-16(22)21(12-13)15-8-5-4-7-14(15)19/h4-5,7-8,13H,2-3,6,9-12H2,1H3,(H,20,24). The molecule has 0 saturated carbocycles. The predicted octanol–water partition coefficient (Wildman–Crippen LogP) is 2.03. The number of anilines is 1. The fourth-order valence-corrected chi connectivity index (χ4v) is 2.82. The molecule has 1 N–H and O–H groups in total. The van der Waals surface area contributed by atoms with E-state index in [-0.39, 0.29) is 36.4 Å². The van der Waals surface area contributed by atoms with Crippen LogP contribution in [0, 0.1) is 11.7 Å². The first-order valence-corrected chi connectivity index (χ1v) is 8.42. The maximum absolute atomic E-state index is 13.8. The molecule has 136 valence electrons. The molecule has 2 amide bonds. The molecule has 1 heterocycles. The summed E-state index contributed by atoms with van der Waals surface area (Å²) in [5, 5.41) is 2.81. The van der Waals surface area contributed by atoms with Gasteiger partial charge in [0.15, 0.2) is 0 Å². The fourth-order valence-electron chi connectivity index (χ4n) is 2.82. The highest BCUT2D eigenvalue weighted by atomic mass is 19.1. The number of halogens is 1. The van der Waals surface area contributed by atoms with Gasteiger partial charge in [-0.1, -0.05) is 18.6 Å². The first kappa shape index (κ1) is 18.9. The van der Waals surface area contributed by atoms with Crippen LogP contribution in [0.3, 0.4) is 0 Å². The number of carbonyl (C=O) groups is 3. The number of hydrogen-bond acceptors (Lipinski definition) is 4. The summed E-state index contributed by atoms with van der Waals surface area (Å²) in [5.74, 6) is -1.62. The number of rotatable bonds is 8. The SMILES string of the molecule is COC(=O)CCCCCNC(=O)C1CC(=O)N(c2ccccc2F)C1. The first-order chi connectivity index (χ1) is 12.0. The molecule has 0 spiro atoms. The van der Waals surface area contributed by atoms with Gasteiger partial charge in [-0.05, 0) is 25.0 Å². The Morgan fingerprint density at radius 2 is 2.04 bits per heavy atom. The highest BCUT2D eigenvalue weighted by Crippen LogP contribution is 2.27. The number of esters is 1. The van der Waals surface area contributed by atoms with Crippen molar-refractivity contribution in [3.8, 4) is 0 Å². The van der Waals surface area contributed by atoms with E-state index in [1.54, 1.807) is 12.1 Å². The Kier molecular flexibility index (Phi) is 6.91. The Hall–Kier alpha value is -2.44. The summed E-state index contributed by atoms with van der Waals surface area (Å²) in [4.78, 5) is 36.6. The molecule has 0 aromatic heterocycles. The van der Waals surface area contributed by atoms with E-state index < -0.39 is 11.7 Å². The maximum Gasteiger partial charge on any atom is 0.305 e. The van der Waals surface area contributed by atoms with Gasteiger partial charge in [-0.3, -0.25) is 14.4 Å². The molecule has 25 heavy (non-hydrogen) atoms. The summed E-state index contributed by atoms with van der Waals surface area (Å²) < 4.78 is 18.4. The van der Waals surface area contributed by atoms with Crippen LogP contribution in [0.25, 0.3) is 0 Å². The minimum atomic E-state index is -0.470. The van der Waals surface area contributed by atoms with Crippen LogP contribution in [0.1, 0.15) is 32.1 Å². The van der Waals surface area contributed by atoms with E-state index in [0.717, 1.165) is 12.8 Å². The monoisotopic (exact) mass is 350 g/mol. The van der Waals surface area contributed by atoms with Crippen molar-refractivity contribution in [2.45, 2.75) is 32.1 Å². The van der Waals surface area contributed by atoms with Crippen LogP contribution in [0.15, 0.2) is 24.3 Å². The number of para-hydroxylation sites is 1. The Bertz CT molecular complexity index is 635. The van der Waals surface area contributed by atoms with Gasteiger partial charge in [0.25, 0.3) is 0 Å². The van der Waals surface area contributed by atoms with Crippen molar-refractivity contribution >= 4 is 23.5 Å². The van der Waals surface area contributed by atoms with Gasteiger partial charge in [0.2, 0.25) is 11.8 Å². The number of hydrogen-bond donors (Lipinski definition) is 1. The highest BCUT2D eigenvalue weighted by molar-refractivity contribution is 6.00. The number of nitrogens with zero attached hydrogens (tertiary/aromatic N) is 1. The van der Waals surface area contributed by atoms with Crippen LogP contribution in [0.2, 0.25) is 0 Å². The number of nitrogens with one attached hydrogen (secondary N) is 1. The van der Waals surface area contributed by atoms with Crippen LogP contribution < -0.4 is 10.2 Å². The van der Waals surface area contributed by atoms with E-state index in [2.05, 4.69) is 10.1 Å². The molecule has 1 aromatic rings. The molecule has 0 aliphatic carbocycles. The molecule has 1 aromatic carbocycles. The molecular weight excluding hydrogens is 327 g/mol.